The molecule has 3 aliphatic rings. The lowest BCUT2D eigenvalue weighted by Crippen LogP contribution is -2.43. The number of nitrogens with zero attached hydrogens (tertiary/aromatic N) is 2. The highest BCUT2D eigenvalue weighted by molar-refractivity contribution is 6.31. The molecule has 1 aromatic carbocycles. The van der Waals surface area contributed by atoms with Crippen molar-refractivity contribution in [2.75, 3.05) is 31.1 Å². The fraction of sp³-hybridized carbons (Fsp3) is 0.462. The van der Waals surface area contributed by atoms with Gasteiger partial charge in [0.15, 0.2) is 5.78 Å². The summed E-state index contributed by atoms with van der Waals surface area (Å²) in [6.45, 7) is 12.3. The average Bonchev–Trinajstić information content (AvgIpc) is 3.18. The van der Waals surface area contributed by atoms with Gasteiger partial charge in [-0.25, -0.2) is 4.99 Å². The van der Waals surface area contributed by atoms with E-state index in [9.17, 15) is 4.79 Å². The molecule has 0 unspecified atom stereocenters. The number of benzene rings is 1. The Kier molecular flexibility index (Phi) is 6.42. The highest BCUT2D eigenvalue weighted by atomic mass is 16.1. The van der Waals surface area contributed by atoms with E-state index in [1.165, 1.54) is 12.1 Å². The van der Waals surface area contributed by atoms with Gasteiger partial charge in [0.1, 0.15) is 0 Å². The fourth-order valence-electron chi connectivity index (χ4n) is 4.83. The number of allylic oxidation sites excluding steroid dienone is 2. The molecule has 1 saturated heterocycles. The third-order valence-corrected chi connectivity index (χ3v) is 6.83. The van der Waals surface area contributed by atoms with Crippen molar-refractivity contribution in [2.24, 2.45) is 10.4 Å². The van der Waals surface area contributed by atoms with Crippen LogP contribution in [0.3, 0.4) is 0 Å². The number of aliphatic imine (C=N–C) groups is 1. The number of rotatable bonds is 5. The van der Waals surface area contributed by atoms with Gasteiger partial charge in [-0.3, -0.25) is 4.79 Å². The molecule has 2 N–H and O–H groups in total. The molecule has 0 bridgehead atoms. The van der Waals surface area contributed by atoms with Gasteiger partial charge in [-0.1, -0.05) is 51.0 Å². The Morgan fingerprint density at radius 1 is 1.13 bits per heavy atom. The molecular weight excluding hydrogens is 384 g/mol. The summed E-state index contributed by atoms with van der Waals surface area (Å²) in [4.78, 5) is 20.8. The predicted molar refractivity (Wildman–Crippen MR) is 129 cm³/mol. The van der Waals surface area contributed by atoms with Crippen LogP contribution in [0.1, 0.15) is 51.5 Å². The van der Waals surface area contributed by atoms with Crippen LogP contribution < -0.4 is 15.5 Å². The summed E-state index contributed by atoms with van der Waals surface area (Å²) < 4.78 is 0. The van der Waals surface area contributed by atoms with Crippen LogP contribution in [-0.4, -0.2) is 37.7 Å². The second-order valence-corrected chi connectivity index (χ2v) is 9.05. The normalized spacial score (nSPS) is 23.0. The molecule has 0 amide bonds. The van der Waals surface area contributed by atoms with Crippen LogP contribution in [0.4, 0.5) is 5.69 Å². The van der Waals surface area contributed by atoms with Crippen molar-refractivity contribution in [3.05, 3.63) is 60.0 Å². The topological polar surface area (TPSA) is 56.7 Å². The zero-order valence-corrected chi connectivity index (χ0v) is 18.8. The Bertz CT molecular complexity index is 927. The van der Waals surface area contributed by atoms with Crippen LogP contribution in [0.5, 0.6) is 0 Å². The molecule has 5 nitrogen and oxygen atoms in total. The minimum absolute atomic E-state index is 0.196. The Hall–Kier alpha value is -2.66. The summed E-state index contributed by atoms with van der Waals surface area (Å²) in [5.41, 5.74) is 4.89. The van der Waals surface area contributed by atoms with Crippen molar-refractivity contribution in [3.63, 3.8) is 0 Å². The molecule has 5 heteroatoms. The van der Waals surface area contributed by atoms with Crippen molar-refractivity contribution in [2.45, 2.75) is 46.0 Å². The standard InChI is InChI=1S/C26H34N4O/c1-4-23(20-8-10-21(11-9-20)30-16-14-27-15-17-30)29-24-19(2)28-18-22(24)25(31)26(3)12-6-5-7-13-26/h4,8-11,18,27-28H,2,5-7,12-17H2,1,3H3/b23-4-,29-24?. The van der Waals surface area contributed by atoms with E-state index in [2.05, 4.69) is 53.3 Å². The molecule has 0 radical (unpaired) electrons. The van der Waals surface area contributed by atoms with Gasteiger partial charge in [0.25, 0.3) is 0 Å². The molecule has 1 aromatic rings. The van der Waals surface area contributed by atoms with Crippen molar-refractivity contribution in [3.8, 4) is 0 Å². The fourth-order valence-corrected chi connectivity index (χ4v) is 4.83. The van der Waals surface area contributed by atoms with Crippen LogP contribution >= 0.6 is 0 Å². The highest BCUT2D eigenvalue weighted by Crippen LogP contribution is 2.39. The molecule has 2 aliphatic heterocycles. The van der Waals surface area contributed by atoms with E-state index in [-0.39, 0.29) is 11.2 Å². The first-order chi connectivity index (χ1) is 15.0. The maximum absolute atomic E-state index is 13.4. The van der Waals surface area contributed by atoms with Crippen molar-refractivity contribution >= 4 is 22.9 Å². The molecule has 2 fully saturated rings. The molecular formula is C26H34N4O. The Balaban J connectivity index is 1.56. The largest absolute Gasteiger partial charge is 0.369 e. The van der Waals surface area contributed by atoms with Crippen molar-refractivity contribution < 1.29 is 4.79 Å². The van der Waals surface area contributed by atoms with E-state index >= 15 is 0 Å². The second kappa shape index (κ2) is 9.23. The summed E-state index contributed by atoms with van der Waals surface area (Å²) >= 11 is 0. The average molecular weight is 419 g/mol. The summed E-state index contributed by atoms with van der Waals surface area (Å²) in [5, 5.41) is 6.53. The van der Waals surface area contributed by atoms with Gasteiger partial charge in [-0.2, -0.15) is 0 Å². The van der Waals surface area contributed by atoms with E-state index in [1.54, 1.807) is 6.20 Å². The Labute approximate surface area is 186 Å². The van der Waals surface area contributed by atoms with E-state index in [1.807, 2.05) is 13.0 Å². The Morgan fingerprint density at radius 3 is 2.45 bits per heavy atom. The SMILES string of the molecule is C=C1NC=C(C(=O)C2(C)CCCCC2)C1=N/C(=C\C)c1ccc(N2CCNCC2)cc1. The molecule has 0 spiro atoms. The first kappa shape index (κ1) is 21.6. The number of ketones is 1. The van der Waals surface area contributed by atoms with Gasteiger partial charge >= 0.3 is 0 Å². The number of carbonyl (C=O) groups excluding carboxylic acids is 1. The van der Waals surface area contributed by atoms with Crippen LogP contribution in [-0.2, 0) is 4.79 Å². The molecule has 0 atom stereocenters. The smallest absolute Gasteiger partial charge is 0.172 e. The number of Topliss-reactive ketones (excluding diaryl/α,β-unsaturated/α-hetero) is 1. The maximum atomic E-state index is 13.4. The molecule has 0 aromatic heterocycles. The van der Waals surface area contributed by atoms with Crippen LogP contribution in [0.15, 0.2) is 59.4 Å². The third-order valence-electron chi connectivity index (χ3n) is 6.83. The maximum Gasteiger partial charge on any atom is 0.172 e. The van der Waals surface area contributed by atoms with Crippen LogP contribution in [0.25, 0.3) is 5.70 Å². The summed E-state index contributed by atoms with van der Waals surface area (Å²) in [5.74, 6) is 0.196. The zero-order chi connectivity index (χ0) is 21.8. The van der Waals surface area contributed by atoms with Crippen molar-refractivity contribution in [1.29, 1.82) is 0 Å². The van der Waals surface area contributed by atoms with Gasteiger partial charge in [0.05, 0.1) is 22.7 Å². The minimum Gasteiger partial charge on any atom is -0.369 e. The van der Waals surface area contributed by atoms with Crippen LogP contribution in [0.2, 0.25) is 0 Å². The number of nitrogens with one attached hydrogen (secondary N) is 2. The first-order valence-electron chi connectivity index (χ1n) is 11.5. The lowest BCUT2D eigenvalue weighted by Gasteiger charge is -2.32. The van der Waals surface area contributed by atoms with Gasteiger partial charge < -0.3 is 15.5 Å². The highest BCUT2D eigenvalue weighted by Gasteiger charge is 2.39. The van der Waals surface area contributed by atoms with Gasteiger partial charge in [0, 0.05) is 43.5 Å². The summed E-state index contributed by atoms with van der Waals surface area (Å²) in [7, 11) is 0. The van der Waals surface area contributed by atoms with E-state index in [0.717, 1.165) is 63.1 Å². The summed E-state index contributed by atoms with van der Waals surface area (Å²) in [6.07, 6.45) is 9.17. The molecule has 164 valence electrons. The van der Waals surface area contributed by atoms with Crippen LogP contribution in [0, 0.1) is 5.41 Å². The lowest BCUT2D eigenvalue weighted by molar-refractivity contribution is -0.125. The Morgan fingerprint density at radius 2 is 1.81 bits per heavy atom. The number of anilines is 1. The van der Waals surface area contributed by atoms with Gasteiger partial charge in [-0.15, -0.1) is 0 Å². The van der Waals surface area contributed by atoms with E-state index < -0.39 is 0 Å². The third kappa shape index (κ3) is 4.52. The molecule has 2 heterocycles. The molecule has 4 rings (SSSR count). The number of piperazine rings is 1. The predicted octanol–water partition coefficient (Wildman–Crippen LogP) is 4.44. The number of hydrogen-bond donors (Lipinski definition) is 2. The summed E-state index contributed by atoms with van der Waals surface area (Å²) in [6, 6.07) is 8.57. The molecule has 1 saturated carbocycles. The number of carbonyl (C=O) groups is 1. The van der Waals surface area contributed by atoms with Gasteiger partial charge in [-0.05, 0) is 37.5 Å². The minimum atomic E-state index is -0.293. The monoisotopic (exact) mass is 418 g/mol. The molecule has 1 aliphatic carbocycles. The molecule has 31 heavy (non-hydrogen) atoms. The van der Waals surface area contributed by atoms with Gasteiger partial charge in [0.2, 0.25) is 0 Å². The van der Waals surface area contributed by atoms with E-state index in [4.69, 9.17) is 4.99 Å². The quantitative estimate of drug-likeness (QED) is 0.742. The lowest BCUT2D eigenvalue weighted by atomic mass is 9.70. The van der Waals surface area contributed by atoms with E-state index in [0.29, 0.717) is 17.0 Å². The number of hydrogen-bond acceptors (Lipinski definition) is 5. The van der Waals surface area contributed by atoms with Crippen molar-refractivity contribution in [1.82, 2.24) is 10.6 Å². The second-order valence-electron chi connectivity index (χ2n) is 9.05. The zero-order valence-electron chi connectivity index (χ0n) is 18.8. The first-order valence-corrected chi connectivity index (χ1v) is 11.5.